The summed E-state index contributed by atoms with van der Waals surface area (Å²) in [4.78, 5) is 0. The smallest absolute Gasteiger partial charge is 0.161 e. The second-order valence-corrected chi connectivity index (χ2v) is 4.31. The van der Waals surface area contributed by atoms with Gasteiger partial charge in [-0.1, -0.05) is 19.9 Å². The average molecular weight is 288 g/mol. The molecule has 1 N–H and O–H groups in total. The summed E-state index contributed by atoms with van der Waals surface area (Å²) in [5, 5.41) is 3.55. The van der Waals surface area contributed by atoms with Gasteiger partial charge in [0.15, 0.2) is 11.5 Å². The Kier molecular flexibility index (Phi) is 9.44. The Labute approximate surface area is 123 Å². The van der Waals surface area contributed by atoms with Crippen LogP contribution in [0.1, 0.15) is 39.2 Å². The van der Waals surface area contributed by atoms with Crippen molar-refractivity contribution in [3.63, 3.8) is 0 Å². The van der Waals surface area contributed by atoms with E-state index in [0.717, 1.165) is 30.9 Å². The largest absolute Gasteiger partial charge is 0.493 e. The first-order chi connectivity index (χ1) is 8.74. The van der Waals surface area contributed by atoms with Crippen molar-refractivity contribution in [3.8, 4) is 11.5 Å². The molecule has 3 nitrogen and oxygen atoms in total. The van der Waals surface area contributed by atoms with Crippen LogP contribution >= 0.6 is 12.4 Å². The molecule has 0 saturated heterocycles. The Bertz CT molecular complexity index is 354. The highest BCUT2D eigenvalue weighted by Gasteiger charge is 2.07. The molecule has 1 rings (SSSR count). The van der Waals surface area contributed by atoms with E-state index < -0.39 is 0 Å². The number of ether oxygens (including phenoxy) is 2. The van der Waals surface area contributed by atoms with E-state index in [2.05, 4.69) is 31.3 Å². The van der Waals surface area contributed by atoms with Crippen LogP contribution in [0.4, 0.5) is 0 Å². The third-order valence-electron chi connectivity index (χ3n) is 3.11. The average Bonchev–Trinajstić information content (AvgIpc) is 2.40. The quantitative estimate of drug-likeness (QED) is 0.789. The van der Waals surface area contributed by atoms with Crippen LogP contribution in [0.5, 0.6) is 11.5 Å². The lowest BCUT2D eigenvalue weighted by molar-refractivity contribution is 0.310. The van der Waals surface area contributed by atoms with Gasteiger partial charge in [0, 0.05) is 12.6 Å². The predicted molar refractivity (Wildman–Crippen MR) is 82.6 cm³/mol. The predicted octanol–water partition coefficient (Wildman–Crippen LogP) is 3.79. The van der Waals surface area contributed by atoms with E-state index in [1.807, 2.05) is 13.0 Å². The van der Waals surface area contributed by atoms with Gasteiger partial charge >= 0.3 is 0 Å². The zero-order valence-corrected chi connectivity index (χ0v) is 13.2. The van der Waals surface area contributed by atoms with Gasteiger partial charge in [0.2, 0.25) is 0 Å². The van der Waals surface area contributed by atoms with Crippen molar-refractivity contribution in [3.05, 3.63) is 23.8 Å². The van der Waals surface area contributed by atoms with Crippen LogP contribution in [0.2, 0.25) is 0 Å². The lowest BCUT2D eigenvalue weighted by Crippen LogP contribution is -2.26. The number of rotatable bonds is 8. The molecule has 1 aromatic carbocycles. The van der Waals surface area contributed by atoms with Crippen LogP contribution in [-0.2, 0) is 6.54 Å². The monoisotopic (exact) mass is 287 g/mol. The second kappa shape index (κ2) is 9.93. The van der Waals surface area contributed by atoms with Gasteiger partial charge in [-0.15, -0.1) is 12.4 Å². The Morgan fingerprint density at radius 1 is 1.11 bits per heavy atom. The summed E-state index contributed by atoms with van der Waals surface area (Å²) in [7, 11) is 1.67. The van der Waals surface area contributed by atoms with Crippen molar-refractivity contribution in [2.75, 3.05) is 13.7 Å². The normalized spacial score (nSPS) is 10.2. The fourth-order valence-electron chi connectivity index (χ4n) is 1.94. The zero-order valence-electron chi connectivity index (χ0n) is 12.4. The lowest BCUT2D eigenvalue weighted by Gasteiger charge is -2.16. The highest BCUT2D eigenvalue weighted by molar-refractivity contribution is 5.85. The molecule has 0 radical (unpaired) electrons. The molecule has 110 valence electrons. The van der Waals surface area contributed by atoms with Gasteiger partial charge in [-0.25, -0.2) is 0 Å². The van der Waals surface area contributed by atoms with E-state index in [1.54, 1.807) is 7.11 Å². The van der Waals surface area contributed by atoms with Crippen molar-refractivity contribution in [2.45, 2.75) is 46.2 Å². The van der Waals surface area contributed by atoms with Gasteiger partial charge < -0.3 is 14.8 Å². The molecule has 0 saturated carbocycles. The van der Waals surface area contributed by atoms with Crippen LogP contribution in [0.3, 0.4) is 0 Å². The van der Waals surface area contributed by atoms with Crippen LogP contribution in [-0.4, -0.2) is 19.8 Å². The summed E-state index contributed by atoms with van der Waals surface area (Å²) in [6.45, 7) is 7.92. The highest BCUT2D eigenvalue weighted by Crippen LogP contribution is 2.28. The SMILES string of the molecule is CCOc1cc(CNC(CC)CC)ccc1OC.Cl. The number of halogens is 1. The van der Waals surface area contributed by atoms with Gasteiger partial charge in [-0.05, 0) is 37.5 Å². The van der Waals surface area contributed by atoms with E-state index in [0.29, 0.717) is 12.6 Å². The molecule has 0 heterocycles. The first-order valence-electron chi connectivity index (χ1n) is 6.78. The molecule has 0 spiro atoms. The maximum absolute atomic E-state index is 5.58. The maximum Gasteiger partial charge on any atom is 0.161 e. The summed E-state index contributed by atoms with van der Waals surface area (Å²) in [6, 6.07) is 6.69. The molecule has 1 aromatic rings. The van der Waals surface area contributed by atoms with Gasteiger partial charge in [0.25, 0.3) is 0 Å². The van der Waals surface area contributed by atoms with E-state index >= 15 is 0 Å². The summed E-state index contributed by atoms with van der Waals surface area (Å²) < 4.78 is 10.9. The number of nitrogens with one attached hydrogen (secondary N) is 1. The molecule has 0 fully saturated rings. The Morgan fingerprint density at radius 2 is 1.79 bits per heavy atom. The molecule has 0 bridgehead atoms. The summed E-state index contributed by atoms with van der Waals surface area (Å²) in [5.74, 6) is 1.62. The fraction of sp³-hybridized carbons (Fsp3) is 0.600. The van der Waals surface area contributed by atoms with Crippen molar-refractivity contribution < 1.29 is 9.47 Å². The van der Waals surface area contributed by atoms with Gasteiger partial charge in [-0.2, -0.15) is 0 Å². The van der Waals surface area contributed by atoms with Crippen LogP contribution in [0, 0.1) is 0 Å². The molecule has 19 heavy (non-hydrogen) atoms. The van der Waals surface area contributed by atoms with Gasteiger partial charge in [0.05, 0.1) is 13.7 Å². The fourth-order valence-corrected chi connectivity index (χ4v) is 1.94. The Morgan fingerprint density at radius 3 is 2.32 bits per heavy atom. The Hall–Kier alpha value is -0.930. The zero-order chi connectivity index (χ0) is 13.4. The number of hydrogen-bond donors (Lipinski definition) is 1. The van der Waals surface area contributed by atoms with E-state index in [1.165, 1.54) is 5.56 Å². The van der Waals surface area contributed by atoms with Crippen LogP contribution < -0.4 is 14.8 Å². The first-order valence-corrected chi connectivity index (χ1v) is 6.78. The van der Waals surface area contributed by atoms with Crippen molar-refractivity contribution in [1.29, 1.82) is 0 Å². The second-order valence-electron chi connectivity index (χ2n) is 4.31. The number of benzene rings is 1. The summed E-state index contributed by atoms with van der Waals surface area (Å²) >= 11 is 0. The summed E-state index contributed by atoms with van der Waals surface area (Å²) in [6.07, 6.45) is 2.32. The third-order valence-corrected chi connectivity index (χ3v) is 3.11. The van der Waals surface area contributed by atoms with Crippen molar-refractivity contribution in [1.82, 2.24) is 5.32 Å². The minimum Gasteiger partial charge on any atom is -0.493 e. The topological polar surface area (TPSA) is 30.5 Å². The molecule has 0 aliphatic rings. The molecule has 0 aliphatic carbocycles. The van der Waals surface area contributed by atoms with Crippen LogP contribution in [0.15, 0.2) is 18.2 Å². The molecule has 0 atom stereocenters. The maximum atomic E-state index is 5.58. The number of hydrogen-bond acceptors (Lipinski definition) is 3. The highest BCUT2D eigenvalue weighted by atomic mass is 35.5. The van der Waals surface area contributed by atoms with E-state index in [9.17, 15) is 0 Å². The molecule has 4 heteroatoms. The number of methoxy groups -OCH3 is 1. The molecular weight excluding hydrogens is 262 g/mol. The molecule has 0 aromatic heterocycles. The molecule has 0 aliphatic heterocycles. The minimum absolute atomic E-state index is 0. The molecule has 0 unspecified atom stereocenters. The van der Waals surface area contributed by atoms with Crippen molar-refractivity contribution >= 4 is 12.4 Å². The lowest BCUT2D eigenvalue weighted by atomic mass is 10.1. The molecule has 0 amide bonds. The van der Waals surface area contributed by atoms with E-state index in [4.69, 9.17) is 9.47 Å². The third kappa shape index (κ3) is 5.70. The Balaban J connectivity index is 0.00000324. The standard InChI is InChI=1S/C15H25NO2.ClH/c1-5-13(6-2)16-11-12-8-9-14(17-4)15(10-12)18-7-3;/h8-10,13,16H,5-7,11H2,1-4H3;1H. The minimum atomic E-state index is 0. The van der Waals surface area contributed by atoms with Crippen molar-refractivity contribution in [2.24, 2.45) is 0 Å². The first kappa shape index (κ1) is 18.1. The van der Waals surface area contributed by atoms with Gasteiger partial charge in [-0.3, -0.25) is 0 Å². The van der Waals surface area contributed by atoms with Crippen LogP contribution in [0.25, 0.3) is 0 Å². The van der Waals surface area contributed by atoms with Gasteiger partial charge in [0.1, 0.15) is 0 Å². The molecular formula is C15H26ClNO2. The van der Waals surface area contributed by atoms with E-state index in [-0.39, 0.29) is 12.4 Å². The summed E-state index contributed by atoms with van der Waals surface area (Å²) in [5.41, 5.74) is 1.23.